The topological polar surface area (TPSA) is 0 Å². The summed E-state index contributed by atoms with van der Waals surface area (Å²) in [4.78, 5) is 0. The number of hydrogen-bond acceptors (Lipinski definition) is 0. The van der Waals surface area contributed by atoms with Crippen molar-refractivity contribution in [3.05, 3.63) is 211 Å². The van der Waals surface area contributed by atoms with E-state index < -0.39 is 0 Å². The van der Waals surface area contributed by atoms with Crippen LogP contribution in [0.4, 0.5) is 0 Å². The molecule has 3 aromatic carbocycles. The molecule has 0 bridgehead atoms. The molecule has 0 nitrogen and oxygen atoms in total. The summed E-state index contributed by atoms with van der Waals surface area (Å²) in [5, 5.41) is 0. The fourth-order valence-corrected chi connectivity index (χ4v) is 5.50. The highest BCUT2D eigenvalue weighted by molar-refractivity contribution is 5.96. The van der Waals surface area contributed by atoms with E-state index in [9.17, 15) is 0 Å². The molecule has 3 rings (SSSR count). The fourth-order valence-electron chi connectivity index (χ4n) is 5.50. The van der Waals surface area contributed by atoms with Gasteiger partial charge in [0.2, 0.25) is 0 Å². The maximum atomic E-state index is 4.39. The van der Waals surface area contributed by atoms with Gasteiger partial charge in [-0.05, 0) is 94.5 Å². The van der Waals surface area contributed by atoms with E-state index in [0.29, 0.717) is 0 Å². The average Bonchev–Trinajstić information content (AvgIpc) is 3.07. The first-order valence-electron chi connectivity index (χ1n) is 15.1. The van der Waals surface area contributed by atoms with Gasteiger partial charge >= 0.3 is 0 Å². The first-order valence-corrected chi connectivity index (χ1v) is 15.1. The minimum atomic E-state index is 0.954. The molecule has 0 saturated heterocycles. The van der Waals surface area contributed by atoms with Crippen molar-refractivity contribution in [2.75, 3.05) is 0 Å². The summed E-state index contributed by atoms with van der Waals surface area (Å²) in [5.74, 6) is 0. The van der Waals surface area contributed by atoms with Gasteiger partial charge in [-0.3, -0.25) is 0 Å². The lowest BCUT2D eigenvalue weighted by Gasteiger charge is -2.22. The van der Waals surface area contributed by atoms with E-state index in [1.165, 1.54) is 0 Å². The summed E-state index contributed by atoms with van der Waals surface area (Å²) in [6.07, 6.45) is 22.4. The van der Waals surface area contributed by atoms with Crippen LogP contribution in [0.2, 0.25) is 0 Å². The Morgan fingerprint density at radius 3 is 1.66 bits per heavy atom. The van der Waals surface area contributed by atoms with E-state index >= 15 is 0 Å². The second-order valence-electron chi connectivity index (χ2n) is 10.0. The van der Waals surface area contributed by atoms with Gasteiger partial charge in [0.15, 0.2) is 0 Å². The number of hydrogen-bond donors (Lipinski definition) is 0. The van der Waals surface area contributed by atoms with Gasteiger partial charge in [0.05, 0.1) is 0 Å². The zero-order chi connectivity index (χ0) is 31.9. The molecule has 0 heterocycles. The molecule has 220 valence electrons. The van der Waals surface area contributed by atoms with Crippen LogP contribution >= 0.6 is 0 Å². The molecule has 0 radical (unpaired) electrons. The monoisotopic (exact) mass is 572 g/mol. The Labute approximate surface area is 265 Å². The molecule has 0 atom stereocenters. The van der Waals surface area contributed by atoms with E-state index in [1.54, 1.807) is 0 Å². The van der Waals surface area contributed by atoms with Crippen LogP contribution in [-0.4, -0.2) is 0 Å². The van der Waals surface area contributed by atoms with Crippen molar-refractivity contribution in [3.63, 3.8) is 0 Å². The summed E-state index contributed by atoms with van der Waals surface area (Å²) in [7, 11) is 0. The zero-order valence-electron chi connectivity index (χ0n) is 26.7. The average molecular weight is 573 g/mol. The third-order valence-electron chi connectivity index (χ3n) is 7.48. The van der Waals surface area contributed by atoms with Crippen molar-refractivity contribution < 1.29 is 0 Å². The van der Waals surface area contributed by atoms with Gasteiger partial charge in [0, 0.05) is 0 Å². The number of benzene rings is 3. The van der Waals surface area contributed by atoms with Crippen LogP contribution in [0.1, 0.15) is 44.4 Å². The van der Waals surface area contributed by atoms with Gasteiger partial charge < -0.3 is 0 Å². The lowest BCUT2D eigenvalue weighted by molar-refractivity contribution is 1.40. The highest BCUT2D eigenvalue weighted by atomic mass is 14.2. The first kappa shape index (κ1) is 33.3. The Bertz CT molecular complexity index is 1720. The third-order valence-corrected chi connectivity index (χ3v) is 7.48. The number of allylic oxidation sites excluding steroid dienone is 18. The molecule has 0 aliphatic carbocycles. The Morgan fingerprint density at radius 1 is 0.568 bits per heavy atom. The summed E-state index contributed by atoms with van der Waals surface area (Å²) in [6, 6.07) is 27.5. The standard InChI is InChI=1S/C44H44/c1-9-16-18-26-33(8)40-29-21-22-31-43(40)44-32-24-23-30-42(44)39(15-7)41(25-10-2)38(14-6)37(13-5)36(12-4)35(11-3)34-27-19-17-20-28-34/h9-32H,2,5-6,8H2,1,3-4,7H3/b16-9-,26-18-,35-11-,36-12+,38-37-,39-15+,41-25-. The molecular formula is C44H44. The van der Waals surface area contributed by atoms with Crippen LogP contribution in [0.3, 0.4) is 0 Å². The quantitative estimate of drug-likeness (QED) is 0.179. The molecule has 0 fully saturated rings. The van der Waals surface area contributed by atoms with Crippen molar-refractivity contribution in [2.45, 2.75) is 27.7 Å². The lowest BCUT2D eigenvalue weighted by Crippen LogP contribution is -2.02. The second-order valence-corrected chi connectivity index (χ2v) is 10.0. The molecule has 0 spiro atoms. The molecule has 0 aliphatic rings. The normalized spacial score (nSPS) is 13.6. The van der Waals surface area contributed by atoms with E-state index in [0.717, 1.165) is 66.8 Å². The van der Waals surface area contributed by atoms with E-state index in [4.69, 9.17) is 0 Å². The van der Waals surface area contributed by atoms with Crippen molar-refractivity contribution in [3.8, 4) is 11.1 Å². The highest BCUT2D eigenvalue weighted by Gasteiger charge is 2.20. The maximum absolute atomic E-state index is 4.39. The molecule has 0 amide bonds. The van der Waals surface area contributed by atoms with E-state index in [2.05, 4.69) is 150 Å². The summed E-state index contributed by atoms with van der Waals surface area (Å²) >= 11 is 0. The summed E-state index contributed by atoms with van der Waals surface area (Å²) < 4.78 is 0. The Kier molecular flexibility index (Phi) is 12.9. The maximum Gasteiger partial charge on any atom is -0.00991 e. The minimum Gasteiger partial charge on any atom is -0.0990 e. The van der Waals surface area contributed by atoms with Gasteiger partial charge in [-0.15, -0.1) is 0 Å². The molecule has 0 unspecified atom stereocenters. The molecule has 44 heavy (non-hydrogen) atoms. The predicted octanol–water partition coefficient (Wildman–Crippen LogP) is 12.7. The van der Waals surface area contributed by atoms with Gasteiger partial charge in [0.25, 0.3) is 0 Å². The van der Waals surface area contributed by atoms with Crippen LogP contribution in [0.5, 0.6) is 0 Å². The van der Waals surface area contributed by atoms with Crippen LogP contribution in [0.25, 0.3) is 27.8 Å². The SMILES string of the molecule is C=C/C=C(C(/C=C)=C(C=C)\C(=C\C)C(=C/C)\c1ccccc1)\C(=C/C)c1ccccc1-c1ccccc1C(=C)/C=C\C=C/C. The molecule has 0 aromatic heterocycles. The number of rotatable bonds is 13. The fraction of sp³-hybridized carbons (Fsp3) is 0.0909. The largest absolute Gasteiger partial charge is 0.0990 e. The summed E-state index contributed by atoms with van der Waals surface area (Å²) in [6.45, 7) is 25.3. The van der Waals surface area contributed by atoms with Gasteiger partial charge in [-0.25, -0.2) is 0 Å². The van der Waals surface area contributed by atoms with E-state index in [-0.39, 0.29) is 0 Å². The highest BCUT2D eigenvalue weighted by Crippen LogP contribution is 2.41. The Balaban J connectivity index is 2.29. The molecule has 0 N–H and O–H groups in total. The Hall–Kier alpha value is -5.20. The second kappa shape index (κ2) is 17.0. The van der Waals surface area contributed by atoms with Crippen LogP contribution in [0.15, 0.2) is 194 Å². The Morgan fingerprint density at radius 2 is 1.11 bits per heavy atom. The zero-order valence-corrected chi connectivity index (χ0v) is 26.7. The van der Waals surface area contributed by atoms with Gasteiger partial charge in [-0.1, -0.05) is 172 Å². The van der Waals surface area contributed by atoms with Gasteiger partial charge in [-0.2, -0.15) is 0 Å². The van der Waals surface area contributed by atoms with Gasteiger partial charge in [0.1, 0.15) is 0 Å². The van der Waals surface area contributed by atoms with E-state index in [1.807, 2.05) is 49.4 Å². The van der Waals surface area contributed by atoms with Crippen LogP contribution < -0.4 is 0 Å². The van der Waals surface area contributed by atoms with Crippen molar-refractivity contribution in [1.29, 1.82) is 0 Å². The minimum absolute atomic E-state index is 0.954. The smallest absolute Gasteiger partial charge is 0.00991 e. The molecule has 0 aliphatic heterocycles. The van der Waals surface area contributed by atoms with Crippen molar-refractivity contribution >= 4 is 16.7 Å². The van der Waals surface area contributed by atoms with Crippen molar-refractivity contribution in [1.82, 2.24) is 0 Å². The first-order chi connectivity index (χ1) is 21.5. The van der Waals surface area contributed by atoms with Crippen molar-refractivity contribution in [2.24, 2.45) is 0 Å². The predicted molar refractivity (Wildman–Crippen MR) is 198 cm³/mol. The molecule has 3 aromatic rings. The summed E-state index contributed by atoms with van der Waals surface area (Å²) in [5.41, 5.74) is 12.9. The molecule has 0 saturated carbocycles. The van der Waals surface area contributed by atoms with Crippen LogP contribution in [0, 0.1) is 0 Å². The third kappa shape index (κ3) is 7.60. The molecular weight excluding hydrogens is 528 g/mol. The lowest BCUT2D eigenvalue weighted by atomic mass is 9.81. The van der Waals surface area contributed by atoms with Crippen LogP contribution in [-0.2, 0) is 0 Å². The molecule has 0 heteroatoms.